The molecule has 22 heavy (non-hydrogen) atoms. The molecule has 0 radical (unpaired) electrons. The molecule has 0 atom stereocenters. The lowest BCUT2D eigenvalue weighted by atomic mass is 9.86. The minimum absolute atomic E-state index is 0.184. The quantitative estimate of drug-likeness (QED) is 0.790. The standard InChI is InChI=1S/C16H22F2N2O2/c1-22-11-10-19-13-4-2-3-5-14(13)20-15(21)12-6-8-16(17,18)9-7-12/h2-5,12,19H,6-11H2,1H3,(H,20,21). The van der Waals surface area contributed by atoms with Gasteiger partial charge in [0.1, 0.15) is 0 Å². The minimum atomic E-state index is -2.61. The zero-order valence-electron chi connectivity index (χ0n) is 12.7. The van der Waals surface area contributed by atoms with E-state index >= 15 is 0 Å². The maximum Gasteiger partial charge on any atom is 0.248 e. The average molecular weight is 312 g/mol. The molecule has 0 bridgehead atoms. The van der Waals surface area contributed by atoms with Crippen LogP contribution in [-0.2, 0) is 9.53 Å². The van der Waals surface area contributed by atoms with Gasteiger partial charge in [-0.05, 0) is 25.0 Å². The van der Waals surface area contributed by atoms with E-state index in [4.69, 9.17) is 4.74 Å². The predicted molar refractivity (Wildman–Crippen MR) is 82.3 cm³/mol. The first-order valence-corrected chi connectivity index (χ1v) is 7.52. The largest absolute Gasteiger partial charge is 0.383 e. The highest BCUT2D eigenvalue weighted by molar-refractivity contribution is 5.95. The topological polar surface area (TPSA) is 50.4 Å². The van der Waals surface area contributed by atoms with Gasteiger partial charge in [-0.25, -0.2) is 8.78 Å². The highest BCUT2D eigenvalue weighted by Gasteiger charge is 2.37. The summed E-state index contributed by atoms with van der Waals surface area (Å²) in [5, 5.41) is 6.02. The SMILES string of the molecule is COCCNc1ccccc1NC(=O)C1CCC(F)(F)CC1. The zero-order valence-corrected chi connectivity index (χ0v) is 12.7. The Bertz CT molecular complexity index is 499. The van der Waals surface area contributed by atoms with Gasteiger partial charge in [0.25, 0.3) is 0 Å². The molecule has 1 fully saturated rings. The second-order valence-corrected chi connectivity index (χ2v) is 5.58. The van der Waals surface area contributed by atoms with Crippen LogP contribution in [0.3, 0.4) is 0 Å². The van der Waals surface area contributed by atoms with Crippen LogP contribution in [0.15, 0.2) is 24.3 Å². The monoisotopic (exact) mass is 312 g/mol. The van der Waals surface area contributed by atoms with E-state index in [1.165, 1.54) is 0 Å². The second kappa shape index (κ2) is 7.54. The Balaban J connectivity index is 1.94. The fourth-order valence-electron chi connectivity index (χ4n) is 2.57. The van der Waals surface area contributed by atoms with Gasteiger partial charge in [0.05, 0.1) is 18.0 Å². The molecule has 2 rings (SSSR count). The van der Waals surface area contributed by atoms with Crippen molar-refractivity contribution in [3.05, 3.63) is 24.3 Å². The van der Waals surface area contributed by atoms with Crippen molar-refractivity contribution in [3.8, 4) is 0 Å². The summed E-state index contributed by atoms with van der Waals surface area (Å²) in [6, 6.07) is 7.35. The van der Waals surface area contributed by atoms with Crippen LogP contribution in [0.2, 0.25) is 0 Å². The smallest absolute Gasteiger partial charge is 0.248 e. The van der Waals surface area contributed by atoms with Gasteiger partial charge < -0.3 is 15.4 Å². The molecule has 1 aromatic carbocycles. The van der Waals surface area contributed by atoms with E-state index < -0.39 is 5.92 Å². The number of carbonyl (C=O) groups excluding carboxylic acids is 1. The summed E-state index contributed by atoms with van der Waals surface area (Å²) in [4.78, 5) is 12.3. The van der Waals surface area contributed by atoms with E-state index in [-0.39, 0.29) is 37.5 Å². The molecule has 1 aliphatic carbocycles. The van der Waals surface area contributed by atoms with Crippen LogP contribution in [0.5, 0.6) is 0 Å². The first kappa shape index (κ1) is 16.7. The lowest BCUT2D eigenvalue weighted by molar-refractivity contribution is -0.124. The van der Waals surface area contributed by atoms with E-state index in [0.717, 1.165) is 5.69 Å². The molecule has 4 nitrogen and oxygen atoms in total. The van der Waals surface area contributed by atoms with Crippen molar-refractivity contribution in [2.24, 2.45) is 5.92 Å². The third-order valence-electron chi connectivity index (χ3n) is 3.89. The van der Waals surface area contributed by atoms with E-state index in [2.05, 4.69) is 10.6 Å². The summed E-state index contributed by atoms with van der Waals surface area (Å²) < 4.78 is 31.3. The Morgan fingerprint density at radius 2 is 1.91 bits per heavy atom. The average Bonchev–Trinajstić information content (AvgIpc) is 2.49. The first-order valence-electron chi connectivity index (χ1n) is 7.52. The van der Waals surface area contributed by atoms with Crippen LogP contribution in [0.25, 0.3) is 0 Å². The number of ether oxygens (including phenoxy) is 1. The number of benzene rings is 1. The second-order valence-electron chi connectivity index (χ2n) is 5.58. The highest BCUT2D eigenvalue weighted by Crippen LogP contribution is 2.36. The first-order chi connectivity index (χ1) is 10.5. The summed E-state index contributed by atoms with van der Waals surface area (Å²) in [7, 11) is 1.62. The van der Waals surface area contributed by atoms with Gasteiger partial charge in [0, 0.05) is 32.4 Å². The van der Waals surface area contributed by atoms with Crippen molar-refractivity contribution < 1.29 is 18.3 Å². The van der Waals surface area contributed by atoms with E-state index in [9.17, 15) is 13.6 Å². The molecule has 0 unspecified atom stereocenters. The van der Waals surface area contributed by atoms with Crippen molar-refractivity contribution >= 4 is 17.3 Å². The third-order valence-corrected chi connectivity index (χ3v) is 3.89. The number of hydrogen-bond acceptors (Lipinski definition) is 3. The van der Waals surface area contributed by atoms with Crippen LogP contribution < -0.4 is 10.6 Å². The molecule has 1 aliphatic rings. The van der Waals surface area contributed by atoms with Crippen LogP contribution >= 0.6 is 0 Å². The maximum absolute atomic E-state index is 13.2. The number of rotatable bonds is 6. The molecular weight excluding hydrogens is 290 g/mol. The summed E-state index contributed by atoms with van der Waals surface area (Å²) >= 11 is 0. The molecule has 0 aliphatic heterocycles. The van der Waals surface area contributed by atoms with Crippen LogP contribution in [0.1, 0.15) is 25.7 Å². The number of amides is 1. The molecule has 0 spiro atoms. The summed E-state index contributed by atoms with van der Waals surface area (Å²) in [6.07, 6.45) is 0.0495. The molecule has 1 saturated carbocycles. The van der Waals surface area contributed by atoms with Gasteiger partial charge in [-0.1, -0.05) is 12.1 Å². The number of para-hydroxylation sites is 2. The van der Waals surface area contributed by atoms with Crippen molar-refractivity contribution in [1.29, 1.82) is 0 Å². The van der Waals surface area contributed by atoms with Crippen molar-refractivity contribution in [1.82, 2.24) is 0 Å². The van der Waals surface area contributed by atoms with Crippen LogP contribution in [-0.4, -0.2) is 32.1 Å². The summed E-state index contributed by atoms with van der Waals surface area (Å²) in [6.45, 7) is 1.18. The molecular formula is C16H22F2N2O2. The van der Waals surface area contributed by atoms with Crippen molar-refractivity contribution in [2.45, 2.75) is 31.6 Å². The predicted octanol–water partition coefficient (Wildman–Crippen LogP) is 3.51. The molecule has 0 heterocycles. The molecule has 6 heteroatoms. The fourth-order valence-corrected chi connectivity index (χ4v) is 2.57. The maximum atomic E-state index is 13.2. The Hall–Kier alpha value is -1.69. The number of alkyl halides is 2. The number of carbonyl (C=O) groups is 1. The Kier molecular flexibility index (Phi) is 5.71. The molecule has 1 amide bonds. The van der Waals surface area contributed by atoms with Gasteiger partial charge in [-0.15, -0.1) is 0 Å². The zero-order chi connectivity index (χ0) is 16.0. The van der Waals surface area contributed by atoms with Gasteiger partial charge in [0.15, 0.2) is 0 Å². The number of nitrogens with one attached hydrogen (secondary N) is 2. The summed E-state index contributed by atoms with van der Waals surface area (Å²) in [5.74, 6) is -3.14. The fraction of sp³-hybridized carbons (Fsp3) is 0.562. The Morgan fingerprint density at radius 1 is 1.27 bits per heavy atom. The Morgan fingerprint density at radius 3 is 2.55 bits per heavy atom. The van der Waals surface area contributed by atoms with Crippen molar-refractivity contribution in [3.63, 3.8) is 0 Å². The van der Waals surface area contributed by atoms with Gasteiger partial charge in [-0.3, -0.25) is 4.79 Å². The van der Waals surface area contributed by atoms with Gasteiger partial charge in [-0.2, -0.15) is 0 Å². The lowest BCUT2D eigenvalue weighted by Crippen LogP contribution is -2.32. The lowest BCUT2D eigenvalue weighted by Gasteiger charge is -2.27. The van der Waals surface area contributed by atoms with E-state index in [1.54, 1.807) is 13.2 Å². The number of anilines is 2. The number of hydrogen-bond donors (Lipinski definition) is 2. The van der Waals surface area contributed by atoms with Gasteiger partial charge >= 0.3 is 0 Å². The number of methoxy groups -OCH3 is 1. The van der Waals surface area contributed by atoms with Crippen molar-refractivity contribution in [2.75, 3.05) is 30.9 Å². The molecule has 2 N–H and O–H groups in total. The van der Waals surface area contributed by atoms with Crippen LogP contribution in [0, 0.1) is 5.92 Å². The third kappa shape index (κ3) is 4.66. The number of halogens is 2. The normalized spacial score (nSPS) is 18.0. The molecule has 0 saturated heterocycles. The summed E-state index contributed by atoms with van der Waals surface area (Å²) in [5.41, 5.74) is 1.47. The molecule has 122 valence electrons. The molecule has 1 aromatic rings. The Labute approximate surface area is 129 Å². The van der Waals surface area contributed by atoms with E-state index in [1.807, 2.05) is 18.2 Å². The van der Waals surface area contributed by atoms with E-state index in [0.29, 0.717) is 18.8 Å². The highest BCUT2D eigenvalue weighted by atomic mass is 19.3. The minimum Gasteiger partial charge on any atom is -0.383 e. The molecule has 0 aromatic heterocycles. The van der Waals surface area contributed by atoms with Crippen LogP contribution in [0.4, 0.5) is 20.2 Å². The van der Waals surface area contributed by atoms with Gasteiger partial charge in [0.2, 0.25) is 11.8 Å².